The van der Waals surface area contributed by atoms with Crippen LogP contribution in [-0.2, 0) is 11.0 Å². The van der Waals surface area contributed by atoms with Crippen LogP contribution in [0.15, 0.2) is 18.2 Å². The van der Waals surface area contributed by atoms with Crippen LogP contribution in [0.3, 0.4) is 0 Å². The van der Waals surface area contributed by atoms with Crippen LogP contribution in [0.2, 0.25) is 0 Å². The predicted molar refractivity (Wildman–Crippen MR) is 79.4 cm³/mol. The third-order valence-corrected chi connectivity index (χ3v) is 4.00. The maximum absolute atomic E-state index is 13.1. The van der Waals surface area contributed by atoms with Gasteiger partial charge in [-0.15, -0.1) is 0 Å². The fourth-order valence-corrected chi connectivity index (χ4v) is 2.65. The van der Waals surface area contributed by atoms with Gasteiger partial charge in [-0.1, -0.05) is 12.2 Å². The number of alkyl halides is 3. The summed E-state index contributed by atoms with van der Waals surface area (Å²) in [6.45, 7) is 2.14. The number of ether oxygens (including phenoxy) is 1. The number of likely N-dealkylation sites (tertiary alicyclic amines) is 1. The zero-order valence-electron chi connectivity index (χ0n) is 12.2. The molecule has 5 nitrogen and oxygen atoms in total. The molecule has 1 aromatic carbocycles. The zero-order valence-corrected chi connectivity index (χ0v) is 13.0. The van der Waals surface area contributed by atoms with Crippen molar-refractivity contribution in [2.24, 2.45) is 0 Å². The smallest absolute Gasteiger partial charge is 0.419 e. The van der Waals surface area contributed by atoms with E-state index in [1.54, 1.807) is 6.92 Å². The molecule has 23 heavy (non-hydrogen) atoms. The number of halogens is 3. The third-order valence-electron chi connectivity index (χ3n) is 3.53. The van der Waals surface area contributed by atoms with Crippen LogP contribution in [0, 0.1) is 0 Å². The molecular weight excluding hydrogens is 333 g/mol. The highest BCUT2D eigenvalue weighted by Crippen LogP contribution is 2.37. The van der Waals surface area contributed by atoms with Crippen molar-refractivity contribution < 1.29 is 27.9 Å². The van der Waals surface area contributed by atoms with E-state index >= 15 is 0 Å². The van der Waals surface area contributed by atoms with E-state index in [1.165, 1.54) is 22.5 Å². The molecule has 0 aromatic heterocycles. The van der Waals surface area contributed by atoms with Crippen LogP contribution in [0.1, 0.15) is 24.5 Å². The Morgan fingerprint density at radius 3 is 2.70 bits per heavy atom. The molecule has 126 valence electrons. The van der Waals surface area contributed by atoms with Crippen LogP contribution in [0.25, 0.3) is 0 Å². The Kier molecular flexibility index (Phi) is 5.10. The van der Waals surface area contributed by atoms with Crippen LogP contribution < -0.4 is 10.2 Å². The second kappa shape index (κ2) is 6.71. The third kappa shape index (κ3) is 3.56. The van der Waals surface area contributed by atoms with Gasteiger partial charge in [0, 0.05) is 12.1 Å². The molecule has 2 rings (SSSR count). The van der Waals surface area contributed by atoms with Crippen molar-refractivity contribution in [1.82, 2.24) is 10.4 Å². The van der Waals surface area contributed by atoms with Crippen molar-refractivity contribution in [2.75, 3.05) is 13.2 Å². The number of rotatable bonds is 4. The molecule has 0 bridgehead atoms. The zero-order chi connectivity index (χ0) is 17.2. The van der Waals surface area contributed by atoms with E-state index in [0.717, 1.165) is 6.07 Å². The summed E-state index contributed by atoms with van der Waals surface area (Å²) in [6, 6.07) is 2.89. The van der Waals surface area contributed by atoms with Gasteiger partial charge in [0.05, 0.1) is 12.2 Å². The first-order valence-corrected chi connectivity index (χ1v) is 7.29. The summed E-state index contributed by atoms with van der Waals surface area (Å²) in [5.74, 6) is -0.902. The van der Waals surface area contributed by atoms with Gasteiger partial charge >= 0.3 is 6.18 Å². The Hall–Kier alpha value is -1.87. The maximum atomic E-state index is 13.1. The number of carbonyl (C=O) groups is 1. The number of hydrogen-bond donors (Lipinski definition) is 2. The minimum Gasteiger partial charge on any atom is -0.493 e. The first-order chi connectivity index (χ1) is 10.8. The van der Waals surface area contributed by atoms with Crippen molar-refractivity contribution in [2.45, 2.75) is 25.6 Å². The monoisotopic (exact) mass is 348 g/mol. The van der Waals surface area contributed by atoms with Gasteiger partial charge in [-0.3, -0.25) is 10.0 Å². The lowest BCUT2D eigenvalue weighted by molar-refractivity contribution is -0.139. The van der Waals surface area contributed by atoms with Gasteiger partial charge in [-0.05, 0) is 31.5 Å². The molecule has 0 spiro atoms. The minimum absolute atomic E-state index is 0.109. The number of amides is 1. The Balaban J connectivity index is 2.30. The quantitative estimate of drug-likeness (QED) is 0.497. The molecular formula is C14H15F3N2O3S. The standard InChI is InChI=1S/C14H15F3N2O3S/c1-2-22-11-4-3-8(7-9(11)14(15,16)17)13(23)19-6-5-10(19)12(20)18-21/h3-4,7,10,21H,2,5-6H2,1H3,(H,18,20)/t10-/m1/s1. The molecule has 1 saturated heterocycles. The van der Waals surface area contributed by atoms with Crippen LogP contribution >= 0.6 is 12.2 Å². The number of thiocarbonyl (C=S) groups is 1. The van der Waals surface area contributed by atoms with Gasteiger partial charge in [-0.25, -0.2) is 5.48 Å². The highest BCUT2D eigenvalue weighted by Gasteiger charge is 2.38. The van der Waals surface area contributed by atoms with E-state index in [4.69, 9.17) is 22.2 Å². The van der Waals surface area contributed by atoms with E-state index in [0.29, 0.717) is 13.0 Å². The van der Waals surface area contributed by atoms with Gasteiger partial charge in [0.2, 0.25) is 0 Å². The normalized spacial score (nSPS) is 17.4. The lowest BCUT2D eigenvalue weighted by Crippen LogP contribution is -2.57. The van der Waals surface area contributed by atoms with Gasteiger partial charge < -0.3 is 9.64 Å². The van der Waals surface area contributed by atoms with E-state index in [-0.39, 0.29) is 22.9 Å². The number of hydrogen-bond acceptors (Lipinski definition) is 4. The largest absolute Gasteiger partial charge is 0.493 e. The summed E-state index contributed by atoms with van der Waals surface area (Å²) in [5, 5.41) is 8.65. The van der Waals surface area contributed by atoms with Gasteiger partial charge in [0.1, 0.15) is 16.8 Å². The molecule has 1 fully saturated rings. The fraction of sp³-hybridized carbons (Fsp3) is 0.429. The SMILES string of the molecule is CCOc1ccc(C(=S)N2CC[C@@H]2C(=O)NO)cc1C(F)(F)F. The average molecular weight is 348 g/mol. The number of nitrogens with one attached hydrogen (secondary N) is 1. The van der Waals surface area contributed by atoms with E-state index in [9.17, 15) is 18.0 Å². The first-order valence-electron chi connectivity index (χ1n) is 6.88. The number of benzene rings is 1. The Morgan fingerprint density at radius 1 is 1.52 bits per heavy atom. The second-order valence-electron chi connectivity index (χ2n) is 4.92. The summed E-state index contributed by atoms with van der Waals surface area (Å²) >= 11 is 5.18. The van der Waals surface area contributed by atoms with Gasteiger partial charge in [-0.2, -0.15) is 13.2 Å². The molecule has 0 aliphatic carbocycles. The molecule has 0 saturated carbocycles. The van der Waals surface area contributed by atoms with Gasteiger partial charge in [0.15, 0.2) is 0 Å². The lowest BCUT2D eigenvalue weighted by atomic mass is 10.00. The van der Waals surface area contributed by atoms with Crippen molar-refractivity contribution in [1.29, 1.82) is 0 Å². The molecule has 1 heterocycles. The number of carbonyl (C=O) groups excluding carboxylic acids is 1. The van der Waals surface area contributed by atoms with Crippen LogP contribution in [0.5, 0.6) is 5.75 Å². The molecule has 1 amide bonds. The van der Waals surface area contributed by atoms with Crippen molar-refractivity contribution >= 4 is 23.1 Å². The minimum atomic E-state index is -4.58. The van der Waals surface area contributed by atoms with E-state index in [1.807, 2.05) is 0 Å². The Morgan fingerprint density at radius 2 is 2.22 bits per heavy atom. The van der Waals surface area contributed by atoms with Gasteiger partial charge in [0.25, 0.3) is 5.91 Å². The molecule has 2 N–H and O–H groups in total. The fourth-order valence-electron chi connectivity index (χ4n) is 2.31. The Bertz CT molecular complexity index is 622. The summed E-state index contributed by atoms with van der Waals surface area (Å²) in [5.41, 5.74) is 0.783. The summed E-state index contributed by atoms with van der Waals surface area (Å²) in [6.07, 6.45) is -4.11. The van der Waals surface area contributed by atoms with Crippen molar-refractivity contribution in [3.8, 4) is 5.75 Å². The molecule has 1 aliphatic heterocycles. The molecule has 1 atom stereocenters. The highest BCUT2D eigenvalue weighted by atomic mass is 32.1. The van der Waals surface area contributed by atoms with Crippen molar-refractivity contribution in [3.63, 3.8) is 0 Å². The van der Waals surface area contributed by atoms with Crippen LogP contribution in [0.4, 0.5) is 13.2 Å². The molecule has 0 radical (unpaired) electrons. The first kappa shape index (κ1) is 17.5. The lowest BCUT2D eigenvalue weighted by Gasteiger charge is -2.41. The average Bonchev–Trinajstić information content (AvgIpc) is 2.45. The topological polar surface area (TPSA) is 61.8 Å². The second-order valence-corrected chi connectivity index (χ2v) is 5.31. The molecule has 1 aromatic rings. The van der Waals surface area contributed by atoms with E-state index < -0.39 is 23.7 Å². The summed E-state index contributed by atoms with van der Waals surface area (Å²) in [4.78, 5) is 13.0. The van der Waals surface area contributed by atoms with Crippen molar-refractivity contribution in [3.05, 3.63) is 29.3 Å². The number of hydroxylamine groups is 1. The summed E-state index contributed by atoms with van der Waals surface area (Å²) < 4.78 is 44.4. The predicted octanol–water partition coefficient (Wildman–Crippen LogP) is 2.36. The molecule has 9 heteroatoms. The Labute approximate surface area is 136 Å². The number of nitrogens with zero attached hydrogens (tertiary/aromatic N) is 1. The van der Waals surface area contributed by atoms with E-state index in [2.05, 4.69) is 0 Å². The highest BCUT2D eigenvalue weighted by molar-refractivity contribution is 7.80. The molecule has 1 aliphatic rings. The molecule has 0 unspecified atom stereocenters. The maximum Gasteiger partial charge on any atom is 0.419 e. The summed E-state index contributed by atoms with van der Waals surface area (Å²) in [7, 11) is 0. The van der Waals surface area contributed by atoms with Crippen LogP contribution in [-0.4, -0.2) is 40.2 Å².